The molecule has 0 saturated carbocycles. The Morgan fingerprint density at radius 2 is 2.24 bits per heavy atom. The van der Waals surface area contributed by atoms with Crippen LogP contribution in [0, 0.1) is 6.92 Å². The van der Waals surface area contributed by atoms with Crippen molar-refractivity contribution in [2.75, 3.05) is 0 Å². The van der Waals surface area contributed by atoms with Gasteiger partial charge in [-0.25, -0.2) is 9.97 Å². The second kappa shape index (κ2) is 4.54. The van der Waals surface area contributed by atoms with E-state index in [1.807, 2.05) is 12.1 Å². The van der Waals surface area contributed by atoms with E-state index in [0.29, 0.717) is 16.9 Å². The quantitative estimate of drug-likeness (QED) is 0.522. The lowest BCUT2D eigenvalue weighted by Gasteiger charge is -1.99. The van der Waals surface area contributed by atoms with Crippen LogP contribution in [0.1, 0.15) is 17.4 Å². The Balaban J connectivity index is 2.13. The molecule has 4 aromatic heterocycles. The number of aryl methyl sites for hydroxylation is 2. The molecule has 0 radical (unpaired) electrons. The highest BCUT2D eigenvalue weighted by molar-refractivity contribution is 7.18. The van der Waals surface area contributed by atoms with Crippen LogP contribution in [0.25, 0.3) is 27.4 Å². The third-order valence-corrected chi connectivity index (χ3v) is 4.77. The minimum Gasteiger partial charge on any atom is -0.461 e. The Bertz CT molecular complexity index is 955. The zero-order valence-electron chi connectivity index (χ0n) is 11.4. The van der Waals surface area contributed by atoms with E-state index in [2.05, 4.69) is 28.9 Å². The molecule has 106 valence electrons. The number of thiophene rings is 1. The van der Waals surface area contributed by atoms with Gasteiger partial charge in [0.2, 0.25) is 11.1 Å². The number of fused-ring (bicyclic) bond motifs is 3. The third-order valence-electron chi connectivity index (χ3n) is 3.48. The van der Waals surface area contributed by atoms with Gasteiger partial charge in [0.25, 0.3) is 0 Å². The SMILES string of the molecule is CCc1c(C)sc2nc(Cl)n3nc(-c4ccco4)nc3c12. The van der Waals surface area contributed by atoms with Gasteiger partial charge in [-0.05, 0) is 42.6 Å². The maximum atomic E-state index is 6.24. The summed E-state index contributed by atoms with van der Waals surface area (Å²) < 4.78 is 6.94. The fraction of sp³-hybridized carbons (Fsp3) is 0.214. The van der Waals surface area contributed by atoms with Crippen molar-refractivity contribution in [3.8, 4) is 11.6 Å². The lowest BCUT2D eigenvalue weighted by Crippen LogP contribution is -1.94. The molecular weight excluding hydrogens is 308 g/mol. The van der Waals surface area contributed by atoms with Gasteiger partial charge in [-0.1, -0.05) is 6.92 Å². The van der Waals surface area contributed by atoms with Gasteiger partial charge in [0.15, 0.2) is 11.4 Å². The van der Waals surface area contributed by atoms with Gasteiger partial charge in [-0.15, -0.1) is 16.4 Å². The highest BCUT2D eigenvalue weighted by Gasteiger charge is 2.19. The lowest BCUT2D eigenvalue weighted by molar-refractivity contribution is 0.577. The number of nitrogens with zero attached hydrogens (tertiary/aromatic N) is 4. The van der Waals surface area contributed by atoms with E-state index < -0.39 is 0 Å². The summed E-state index contributed by atoms with van der Waals surface area (Å²) in [5, 5.41) is 5.76. The molecule has 5 nitrogen and oxygen atoms in total. The Kier molecular flexibility index (Phi) is 2.77. The van der Waals surface area contributed by atoms with Crippen LogP contribution in [0.5, 0.6) is 0 Å². The Labute approximate surface area is 129 Å². The first-order valence-corrected chi connectivity index (χ1v) is 7.76. The van der Waals surface area contributed by atoms with Gasteiger partial charge in [0.05, 0.1) is 11.6 Å². The standard InChI is InChI=1S/C14H11ClN4OS/c1-3-8-7(2)21-13-10(8)12-16-11(9-5-4-6-20-9)18-19(12)14(15)17-13/h4-6H,3H2,1-2H3. The molecule has 0 saturated heterocycles. The van der Waals surface area contributed by atoms with Crippen LogP contribution in [-0.2, 0) is 6.42 Å². The number of aromatic nitrogens is 4. The molecule has 4 heterocycles. The van der Waals surface area contributed by atoms with Crippen LogP contribution < -0.4 is 0 Å². The van der Waals surface area contributed by atoms with Gasteiger partial charge in [-0.3, -0.25) is 0 Å². The number of hydrogen-bond donors (Lipinski definition) is 0. The summed E-state index contributed by atoms with van der Waals surface area (Å²) in [5.41, 5.74) is 1.99. The van der Waals surface area contributed by atoms with Crippen molar-refractivity contribution in [2.45, 2.75) is 20.3 Å². The number of halogens is 1. The molecule has 0 aliphatic heterocycles. The smallest absolute Gasteiger partial charge is 0.227 e. The van der Waals surface area contributed by atoms with Crippen molar-refractivity contribution in [1.29, 1.82) is 0 Å². The molecule has 7 heteroatoms. The molecule has 0 N–H and O–H groups in total. The molecule has 0 spiro atoms. The van der Waals surface area contributed by atoms with Crippen LogP contribution in [0.4, 0.5) is 0 Å². The minimum absolute atomic E-state index is 0.312. The monoisotopic (exact) mass is 318 g/mol. The zero-order chi connectivity index (χ0) is 14.6. The molecule has 0 aromatic carbocycles. The minimum atomic E-state index is 0.312. The summed E-state index contributed by atoms with van der Waals surface area (Å²) in [6.45, 7) is 4.23. The normalized spacial score (nSPS) is 11.8. The predicted octanol–water partition coefficient (Wildman–Crippen LogP) is 4.12. The zero-order valence-corrected chi connectivity index (χ0v) is 13.0. The number of hydrogen-bond acceptors (Lipinski definition) is 5. The molecule has 0 atom stereocenters. The Morgan fingerprint density at radius 3 is 2.95 bits per heavy atom. The van der Waals surface area contributed by atoms with Crippen LogP contribution in [0.3, 0.4) is 0 Å². The predicted molar refractivity (Wildman–Crippen MR) is 83.0 cm³/mol. The fourth-order valence-corrected chi connectivity index (χ4v) is 3.90. The van der Waals surface area contributed by atoms with E-state index in [-0.39, 0.29) is 0 Å². The second-order valence-electron chi connectivity index (χ2n) is 4.70. The first-order chi connectivity index (χ1) is 10.2. The Hall–Kier alpha value is -1.92. The van der Waals surface area contributed by atoms with Crippen molar-refractivity contribution in [3.05, 3.63) is 34.1 Å². The van der Waals surface area contributed by atoms with Crippen LogP contribution in [0.15, 0.2) is 22.8 Å². The molecule has 21 heavy (non-hydrogen) atoms. The maximum absolute atomic E-state index is 6.24. The van der Waals surface area contributed by atoms with Crippen molar-refractivity contribution < 1.29 is 4.42 Å². The molecule has 4 rings (SSSR count). The van der Waals surface area contributed by atoms with Crippen LogP contribution in [-0.4, -0.2) is 19.6 Å². The summed E-state index contributed by atoms with van der Waals surface area (Å²) in [6.07, 6.45) is 2.52. The summed E-state index contributed by atoms with van der Waals surface area (Å²) in [4.78, 5) is 11.2. The van der Waals surface area contributed by atoms with E-state index in [1.54, 1.807) is 22.1 Å². The lowest BCUT2D eigenvalue weighted by atomic mass is 10.1. The largest absolute Gasteiger partial charge is 0.461 e. The van der Waals surface area contributed by atoms with Gasteiger partial charge in [0.1, 0.15) is 4.83 Å². The Morgan fingerprint density at radius 1 is 1.38 bits per heavy atom. The van der Waals surface area contributed by atoms with E-state index in [1.165, 1.54) is 10.4 Å². The van der Waals surface area contributed by atoms with Crippen molar-refractivity contribution in [1.82, 2.24) is 19.6 Å². The molecule has 4 aromatic rings. The van der Waals surface area contributed by atoms with Crippen LogP contribution in [0.2, 0.25) is 5.28 Å². The molecule has 0 bridgehead atoms. The molecule has 0 unspecified atom stereocenters. The van der Waals surface area contributed by atoms with Gasteiger partial charge >= 0.3 is 0 Å². The maximum Gasteiger partial charge on any atom is 0.227 e. The fourth-order valence-electron chi connectivity index (χ4n) is 2.54. The summed E-state index contributed by atoms with van der Waals surface area (Å²) >= 11 is 7.88. The summed E-state index contributed by atoms with van der Waals surface area (Å²) in [7, 11) is 0. The molecule has 0 aliphatic rings. The van der Waals surface area contributed by atoms with E-state index >= 15 is 0 Å². The second-order valence-corrected chi connectivity index (χ2v) is 6.24. The number of rotatable bonds is 2. The highest BCUT2D eigenvalue weighted by Crippen LogP contribution is 2.34. The van der Waals surface area contributed by atoms with Gasteiger partial charge in [-0.2, -0.15) is 4.52 Å². The van der Waals surface area contributed by atoms with Crippen LogP contribution >= 0.6 is 22.9 Å². The third kappa shape index (κ3) is 1.79. The molecule has 0 fully saturated rings. The summed E-state index contributed by atoms with van der Waals surface area (Å²) in [6, 6.07) is 3.63. The summed E-state index contributed by atoms with van der Waals surface area (Å²) in [5.74, 6) is 1.13. The van der Waals surface area contributed by atoms with Gasteiger partial charge < -0.3 is 4.42 Å². The van der Waals surface area contributed by atoms with E-state index in [9.17, 15) is 0 Å². The van der Waals surface area contributed by atoms with Crippen molar-refractivity contribution in [2.24, 2.45) is 0 Å². The van der Waals surface area contributed by atoms with E-state index in [4.69, 9.17) is 16.0 Å². The topological polar surface area (TPSA) is 56.2 Å². The van der Waals surface area contributed by atoms with E-state index in [0.717, 1.165) is 22.3 Å². The average molecular weight is 319 g/mol. The molecule has 0 aliphatic carbocycles. The number of furan rings is 1. The van der Waals surface area contributed by atoms with Crippen molar-refractivity contribution >= 4 is 38.8 Å². The molecule has 0 amide bonds. The highest BCUT2D eigenvalue weighted by atomic mass is 35.5. The average Bonchev–Trinajstić information content (AvgIpc) is 3.14. The van der Waals surface area contributed by atoms with Crippen molar-refractivity contribution in [3.63, 3.8) is 0 Å². The first kappa shape index (κ1) is 12.8. The molecular formula is C14H11ClN4OS. The van der Waals surface area contributed by atoms with Gasteiger partial charge in [0, 0.05) is 4.88 Å². The first-order valence-electron chi connectivity index (χ1n) is 6.57.